The van der Waals surface area contributed by atoms with Crippen molar-refractivity contribution in [3.8, 4) is 0 Å². The Morgan fingerprint density at radius 2 is 1.88 bits per heavy atom. The Kier molecular flexibility index (Phi) is 4.22. The van der Waals surface area contributed by atoms with Gasteiger partial charge in [0.1, 0.15) is 0 Å². The van der Waals surface area contributed by atoms with Gasteiger partial charge < -0.3 is 10.6 Å². The Morgan fingerprint density at radius 1 is 1.31 bits per heavy atom. The fourth-order valence-electron chi connectivity index (χ4n) is 1.34. The second-order valence-corrected chi connectivity index (χ2v) is 4.05. The number of nitrogens with zero attached hydrogens (tertiary/aromatic N) is 2. The van der Waals surface area contributed by atoms with Crippen molar-refractivity contribution in [2.75, 3.05) is 11.9 Å². The first-order chi connectivity index (χ1) is 7.47. The summed E-state index contributed by atoms with van der Waals surface area (Å²) in [4.78, 5) is 19.7. The maximum atomic E-state index is 11.4. The molecule has 0 fully saturated rings. The number of hydrogen-bond acceptors (Lipinski definition) is 4. The highest BCUT2D eigenvalue weighted by atomic mass is 16.1. The molecule has 0 aliphatic heterocycles. The van der Waals surface area contributed by atoms with Crippen molar-refractivity contribution in [1.82, 2.24) is 15.3 Å². The molecule has 0 saturated heterocycles. The molecule has 1 amide bonds. The van der Waals surface area contributed by atoms with Gasteiger partial charge in [-0.1, -0.05) is 0 Å². The lowest BCUT2D eigenvalue weighted by Crippen LogP contribution is -2.35. The summed E-state index contributed by atoms with van der Waals surface area (Å²) in [6, 6.07) is 2.04. The smallest absolute Gasteiger partial charge is 0.239 e. The average Bonchev–Trinajstić information content (AvgIpc) is 2.12. The minimum atomic E-state index is -0.0576. The molecule has 0 atom stereocenters. The van der Waals surface area contributed by atoms with E-state index < -0.39 is 0 Å². The van der Waals surface area contributed by atoms with Gasteiger partial charge in [0.25, 0.3) is 0 Å². The molecule has 5 nitrogen and oxygen atoms in total. The second kappa shape index (κ2) is 5.44. The van der Waals surface area contributed by atoms with Gasteiger partial charge in [0.2, 0.25) is 11.9 Å². The number of hydrogen-bond donors (Lipinski definition) is 2. The molecule has 16 heavy (non-hydrogen) atoms. The molecular formula is C11H18N4O. The van der Waals surface area contributed by atoms with E-state index in [1.807, 2.05) is 33.8 Å². The van der Waals surface area contributed by atoms with Crippen LogP contribution in [0.2, 0.25) is 0 Å². The Labute approximate surface area is 95.7 Å². The van der Waals surface area contributed by atoms with E-state index in [4.69, 9.17) is 0 Å². The predicted molar refractivity (Wildman–Crippen MR) is 63.3 cm³/mol. The molecular weight excluding hydrogens is 204 g/mol. The van der Waals surface area contributed by atoms with Gasteiger partial charge in [-0.2, -0.15) is 0 Å². The van der Waals surface area contributed by atoms with Crippen LogP contribution in [0.1, 0.15) is 25.2 Å². The number of nitrogens with one attached hydrogen (secondary N) is 2. The molecule has 0 aliphatic carbocycles. The number of aromatic nitrogens is 2. The number of amides is 1. The second-order valence-electron chi connectivity index (χ2n) is 4.05. The van der Waals surface area contributed by atoms with Crippen LogP contribution in [0, 0.1) is 13.8 Å². The van der Waals surface area contributed by atoms with Crippen LogP contribution in [0.25, 0.3) is 0 Å². The molecule has 5 heteroatoms. The van der Waals surface area contributed by atoms with Crippen LogP contribution in [0.4, 0.5) is 5.95 Å². The zero-order valence-electron chi connectivity index (χ0n) is 10.2. The Morgan fingerprint density at radius 3 is 2.38 bits per heavy atom. The summed E-state index contributed by atoms with van der Waals surface area (Å²) in [6.07, 6.45) is 0. The van der Waals surface area contributed by atoms with E-state index in [0.717, 1.165) is 11.4 Å². The SMILES string of the molecule is Cc1cc(C)nc(NCC(=O)NC(C)C)n1. The zero-order valence-corrected chi connectivity index (χ0v) is 10.2. The van der Waals surface area contributed by atoms with Gasteiger partial charge in [0.15, 0.2) is 0 Å². The van der Waals surface area contributed by atoms with Gasteiger partial charge in [-0.25, -0.2) is 9.97 Å². The van der Waals surface area contributed by atoms with E-state index in [1.54, 1.807) is 0 Å². The Balaban J connectivity index is 2.51. The van der Waals surface area contributed by atoms with Gasteiger partial charge >= 0.3 is 0 Å². The minimum Gasteiger partial charge on any atom is -0.352 e. The molecule has 1 heterocycles. The van der Waals surface area contributed by atoms with Gasteiger partial charge in [-0.3, -0.25) is 4.79 Å². The van der Waals surface area contributed by atoms with Crippen molar-refractivity contribution >= 4 is 11.9 Å². The van der Waals surface area contributed by atoms with Crippen molar-refractivity contribution in [2.45, 2.75) is 33.7 Å². The molecule has 0 unspecified atom stereocenters. The summed E-state index contributed by atoms with van der Waals surface area (Å²) in [5, 5.41) is 5.68. The highest BCUT2D eigenvalue weighted by Gasteiger charge is 2.04. The number of aryl methyl sites for hydroxylation is 2. The fraction of sp³-hybridized carbons (Fsp3) is 0.545. The fourth-order valence-corrected chi connectivity index (χ4v) is 1.34. The van der Waals surface area contributed by atoms with E-state index in [0.29, 0.717) is 5.95 Å². The van der Waals surface area contributed by atoms with Crippen molar-refractivity contribution in [1.29, 1.82) is 0 Å². The lowest BCUT2D eigenvalue weighted by atomic mass is 10.3. The number of rotatable bonds is 4. The van der Waals surface area contributed by atoms with Gasteiger partial charge in [0, 0.05) is 17.4 Å². The van der Waals surface area contributed by atoms with Crippen LogP contribution in [0.5, 0.6) is 0 Å². The standard InChI is InChI=1S/C11H18N4O/c1-7(2)13-10(16)6-12-11-14-8(3)5-9(4)15-11/h5,7H,6H2,1-4H3,(H,13,16)(H,12,14,15). The average molecular weight is 222 g/mol. The lowest BCUT2D eigenvalue weighted by Gasteiger charge is -2.09. The summed E-state index contributed by atoms with van der Waals surface area (Å²) in [7, 11) is 0. The van der Waals surface area contributed by atoms with Crippen LogP contribution in [-0.2, 0) is 4.79 Å². The summed E-state index contributed by atoms with van der Waals surface area (Å²) in [6.45, 7) is 7.83. The quantitative estimate of drug-likeness (QED) is 0.798. The molecule has 0 aromatic carbocycles. The molecule has 88 valence electrons. The third-order valence-corrected chi connectivity index (χ3v) is 1.84. The van der Waals surface area contributed by atoms with Crippen molar-refractivity contribution < 1.29 is 4.79 Å². The van der Waals surface area contributed by atoms with E-state index in [1.165, 1.54) is 0 Å². The predicted octanol–water partition coefficient (Wildman–Crippen LogP) is 1.03. The van der Waals surface area contributed by atoms with Gasteiger partial charge in [-0.05, 0) is 33.8 Å². The minimum absolute atomic E-state index is 0.0576. The first kappa shape index (κ1) is 12.4. The van der Waals surface area contributed by atoms with Gasteiger partial charge in [0.05, 0.1) is 6.54 Å². The van der Waals surface area contributed by atoms with E-state index >= 15 is 0 Å². The molecule has 0 spiro atoms. The third kappa shape index (κ3) is 4.25. The summed E-state index contributed by atoms with van der Waals surface area (Å²) >= 11 is 0. The molecule has 0 bridgehead atoms. The largest absolute Gasteiger partial charge is 0.352 e. The maximum absolute atomic E-state index is 11.4. The highest BCUT2D eigenvalue weighted by molar-refractivity contribution is 5.80. The first-order valence-corrected chi connectivity index (χ1v) is 5.33. The molecule has 0 radical (unpaired) electrons. The zero-order chi connectivity index (χ0) is 12.1. The van der Waals surface area contributed by atoms with Gasteiger partial charge in [-0.15, -0.1) is 0 Å². The van der Waals surface area contributed by atoms with Crippen molar-refractivity contribution in [2.24, 2.45) is 0 Å². The van der Waals surface area contributed by atoms with Crippen LogP contribution < -0.4 is 10.6 Å². The molecule has 1 aromatic rings. The normalized spacial score (nSPS) is 10.3. The molecule has 2 N–H and O–H groups in total. The molecule has 0 saturated carbocycles. The van der Waals surface area contributed by atoms with Crippen LogP contribution in [0.3, 0.4) is 0 Å². The van der Waals surface area contributed by atoms with Crippen LogP contribution in [-0.4, -0.2) is 28.5 Å². The molecule has 0 aliphatic rings. The molecule has 1 aromatic heterocycles. The summed E-state index contributed by atoms with van der Waals surface area (Å²) < 4.78 is 0. The van der Waals surface area contributed by atoms with E-state index in [9.17, 15) is 4.79 Å². The lowest BCUT2D eigenvalue weighted by molar-refractivity contribution is -0.119. The highest BCUT2D eigenvalue weighted by Crippen LogP contribution is 2.02. The molecule has 1 rings (SSSR count). The van der Waals surface area contributed by atoms with Crippen LogP contribution >= 0.6 is 0 Å². The Hall–Kier alpha value is -1.65. The number of anilines is 1. The monoisotopic (exact) mass is 222 g/mol. The first-order valence-electron chi connectivity index (χ1n) is 5.33. The number of carbonyl (C=O) groups is 1. The summed E-state index contributed by atoms with van der Waals surface area (Å²) in [5.41, 5.74) is 1.78. The van der Waals surface area contributed by atoms with E-state index in [-0.39, 0.29) is 18.5 Å². The van der Waals surface area contributed by atoms with Crippen molar-refractivity contribution in [3.05, 3.63) is 17.5 Å². The topological polar surface area (TPSA) is 66.9 Å². The number of carbonyl (C=O) groups excluding carboxylic acids is 1. The Bertz CT molecular complexity index is 356. The maximum Gasteiger partial charge on any atom is 0.239 e. The summed E-state index contributed by atoms with van der Waals surface area (Å²) in [5.74, 6) is 0.439. The third-order valence-electron chi connectivity index (χ3n) is 1.84. The van der Waals surface area contributed by atoms with E-state index in [2.05, 4.69) is 20.6 Å². The van der Waals surface area contributed by atoms with Crippen molar-refractivity contribution in [3.63, 3.8) is 0 Å². The van der Waals surface area contributed by atoms with Crippen LogP contribution in [0.15, 0.2) is 6.07 Å².